The fourth-order valence-corrected chi connectivity index (χ4v) is 4.63. The highest BCUT2D eigenvalue weighted by atomic mass is 79.9. The summed E-state index contributed by atoms with van der Waals surface area (Å²) in [6.45, 7) is 3.69. The van der Waals surface area contributed by atoms with Crippen LogP contribution in [0, 0.1) is 13.8 Å². The molecule has 4 aromatic rings. The first-order valence-corrected chi connectivity index (χ1v) is 12.5. The molecule has 11 heteroatoms. The summed E-state index contributed by atoms with van der Waals surface area (Å²) in [5.74, 6) is -0.327. The van der Waals surface area contributed by atoms with Gasteiger partial charge < -0.3 is 23.6 Å². The van der Waals surface area contributed by atoms with E-state index >= 15 is 0 Å². The van der Waals surface area contributed by atoms with Gasteiger partial charge >= 0.3 is 11.9 Å². The number of carbonyl (C=O) groups excluding carboxylic acids is 1. The monoisotopic (exact) mass is 599 g/mol. The Balaban J connectivity index is 1.34. The van der Waals surface area contributed by atoms with Crippen LogP contribution >= 0.6 is 27.5 Å². The van der Waals surface area contributed by atoms with Crippen molar-refractivity contribution in [2.24, 2.45) is 5.10 Å². The largest absolute Gasteiger partial charge is 0.486 e. The van der Waals surface area contributed by atoms with E-state index in [1.54, 1.807) is 12.1 Å². The van der Waals surface area contributed by atoms with Crippen molar-refractivity contribution in [3.8, 4) is 17.2 Å². The quantitative estimate of drug-likeness (QED) is 0.173. The van der Waals surface area contributed by atoms with E-state index in [0.717, 1.165) is 17.1 Å². The standard InChI is InChI=1S/C27H23BrClN3O6/c1-16-3-4-17(2)32(16)20-5-7-21(8-6-20)36-14-22-9-10-24(38-22)27(35)31-30-13-18-11-19(29)12-23(28)26(18)37-15-25(33)34/h3-13H,14-15H2,1-2H3,(H,31,35)(H,33,34)/b30-13+. The van der Waals surface area contributed by atoms with Crippen LogP contribution in [0.5, 0.6) is 11.5 Å². The Bertz CT molecular complexity index is 1470. The molecule has 0 saturated heterocycles. The molecular formula is C27H23BrClN3O6. The predicted molar refractivity (Wildman–Crippen MR) is 146 cm³/mol. The number of amides is 1. The van der Waals surface area contributed by atoms with Crippen LogP contribution in [-0.4, -0.2) is 34.4 Å². The number of nitrogens with zero attached hydrogens (tertiary/aromatic N) is 2. The van der Waals surface area contributed by atoms with Gasteiger partial charge in [-0.1, -0.05) is 11.6 Å². The molecule has 38 heavy (non-hydrogen) atoms. The Hall–Kier alpha value is -4.02. The summed E-state index contributed by atoms with van der Waals surface area (Å²) in [7, 11) is 0. The first-order valence-electron chi connectivity index (χ1n) is 11.3. The second kappa shape index (κ2) is 12.0. The number of carboxylic acid groups (broad SMARTS) is 1. The number of hydrazone groups is 1. The number of halogens is 2. The van der Waals surface area contributed by atoms with Gasteiger partial charge in [0, 0.05) is 27.7 Å². The molecule has 0 saturated carbocycles. The normalized spacial score (nSPS) is 11.1. The molecule has 2 aromatic carbocycles. The highest BCUT2D eigenvalue weighted by Crippen LogP contribution is 2.32. The summed E-state index contributed by atoms with van der Waals surface area (Å²) >= 11 is 9.34. The van der Waals surface area contributed by atoms with E-state index in [9.17, 15) is 9.59 Å². The number of rotatable bonds is 10. The zero-order valence-electron chi connectivity index (χ0n) is 20.4. The number of nitrogens with one attached hydrogen (secondary N) is 1. The van der Waals surface area contributed by atoms with Crippen LogP contribution in [0.3, 0.4) is 0 Å². The van der Waals surface area contributed by atoms with E-state index in [-0.39, 0.29) is 18.1 Å². The molecule has 0 bridgehead atoms. The van der Waals surface area contributed by atoms with E-state index in [0.29, 0.717) is 26.6 Å². The molecule has 0 atom stereocenters. The summed E-state index contributed by atoms with van der Waals surface area (Å²) in [6, 6.07) is 18.1. The number of carbonyl (C=O) groups is 2. The molecule has 2 aromatic heterocycles. The second-order valence-corrected chi connectivity index (χ2v) is 9.48. The molecule has 9 nitrogen and oxygen atoms in total. The number of hydrogen-bond acceptors (Lipinski definition) is 6. The van der Waals surface area contributed by atoms with E-state index in [1.807, 2.05) is 24.3 Å². The summed E-state index contributed by atoms with van der Waals surface area (Å²) < 4.78 is 19.3. The number of carboxylic acids is 1. The van der Waals surface area contributed by atoms with Gasteiger partial charge in [-0.3, -0.25) is 4.79 Å². The molecule has 0 aliphatic heterocycles. The van der Waals surface area contributed by atoms with Gasteiger partial charge in [0.25, 0.3) is 0 Å². The maximum Gasteiger partial charge on any atom is 0.341 e. The Labute approximate surface area is 231 Å². The van der Waals surface area contributed by atoms with Gasteiger partial charge in [-0.25, -0.2) is 10.2 Å². The number of furan rings is 1. The molecule has 0 unspecified atom stereocenters. The van der Waals surface area contributed by atoms with Crippen LogP contribution in [0.4, 0.5) is 0 Å². The van der Waals surface area contributed by atoms with Crippen molar-refractivity contribution in [2.45, 2.75) is 20.5 Å². The van der Waals surface area contributed by atoms with Crippen LogP contribution in [0.1, 0.15) is 33.3 Å². The molecule has 0 radical (unpaired) electrons. The number of benzene rings is 2. The highest BCUT2D eigenvalue weighted by Gasteiger charge is 2.13. The molecule has 196 valence electrons. The number of aryl methyl sites for hydroxylation is 2. The molecule has 0 fully saturated rings. The Kier molecular flexibility index (Phi) is 8.55. The first-order chi connectivity index (χ1) is 18.2. The molecule has 0 spiro atoms. The number of aromatic nitrogens is 1. The van der Waals surface area contributed by atoms with E-state index in [4.69, 9.17) is 30.6 Å². The molecule has 4 rings (SSSR count). The van der Waals surface area contributed by atoms with E-state index < -0.39 is 18.5 Å². The predicted octanol–water partition coefficient (Wildman–Crippen LogP) is 5.91. The van der Waals surface area contributed by atoms with Crippen LogP contribution in [-0.2, 0) is 11.4 Å². The van der Waals surface area contributed by atoms with Crippen molar-refractivity contribution in [1.82, 2.24) is 9.99 Å². The fourth-order valence-electron chi connectivity index (χ4n) is 3.68. The van der Waals surface area contributed by atoms with Crippen molar-refractivity contribution < 1.29 is 28.6 Å². The van der Waals surface area contributed by atoms with E-state index in [1.165, 1.54) is 18.3 Å². The molecule has 0 aliphatic carbocycles. The zero-order valence-corrected chi connectivity index (χ0v) is 22.7. The average Bonchev–Trinajstić information content (AvgIpc) is 3.48. The minimum absolute atomic E-state index is 0.0456. The molecular weight excluding hydrogens is 578 g/mol. The maximum absolute atomic E-state index is 12.5. The molecule has 0 aliphatic rings. The van der Waals surface area contributed by atoms with Crippen LogP contribution in [0.2, 0.25) is 5.02 Å². The third kappa shape index (κ3) is 6.64. The van der Waals surface area contributed by atoms with Gasteiger partial charge in [-0.05, 0) is 90.4 Å². The lowest BCUT2D eigenvalue weighted by atomic mass is 10.2. The van der Waals surface area contributed by atoms with E-state index in [2.05, 4.69) is 57.0 Å². The lowest BCUT2D eigenvalue weighted by Gasteiger charge is -2.10. The first kappa shape index (κ1) is 27.0. The van der Waals surface area contributed by atoms with Gasteiger partial charge in [0.2, 0.25) is 0 Å². The Morgan fingerprint density at radius 1 is 1.08 bits per heavy atom. The van der Waals surface area contributed by atoms with Crippen molar-refractivity contribution in [3.63, 3.8) is 0 Å². The van der Waals surface area contributed by atoms with Crippen molar-refractivity contribution >= 4 is 45.6 Å². The average molecular weight is 601 g/mol. The SMILES string of the molecule is Cc1ccc(C)n1-c1ccc(OCc2ccc(C(=O)N/N=C/c3cc(Cl)cc(Br)c3OCC(=O)O)o2)cc1. The number of aliphatic carboxylic acids is 1. The third-order valence-electron chi connectivity index (χ3n) is 5.38. The van der Waals surface area contributed by atoms with Crippen molar-refractivity contribution in [2.75, 3.05) is 6.61 Å². The summed E-state index contributed by atoms with van der Waals surface area (Å²) in [5.41, 5.74) is 6.06. The second-order valence-electron chi connectivity index (χ2n) is 8.19. The van der Waals surface area contributed by atoms with Gasteiger partial charge in [0.05, 0.1) is 10.7 Å². The lowest BCUT2D eigenvalue weighted by molar-refractivity contribution is -0.139. The molecule has 2 N–H and O–H groups in total. The summed E-state index contributed by atoms with van der Waals surface area (Å²) in [4.78, 5) is 23.3. The zero-order chi connectivity index (χ0) is 27.2. The molecule has 2 heterocycles. The lowest BCUT2D eigenvalue weighted by Crippen LogP contribution is -2.17. The van der Waals surface area contributed by atoms with Gasteiger partial charge in [-0.15, -0.1) is 0 Å². The fraction of sp³-hybridized carbons (Fsp3) is 0.148. The Morgan fingerprint density at radius 2 is 1.79 bits per heavy atom. The van der Waals surface area contributed by atoms with Crippen molar-refractivity contribution in [1.29, 1.82) is 0 Å². The topological polar surface area (TPSA) is 115 Å². The summed E-state index contributed by atoms with van der Waals surface area (Å²) in [6.07, 6.45) is 1.29. The Morgan fingerprint density at radius 3 is 2.47 bits per heavy atom. The van der Waals surface area contributed by atoms with Gasteiger partial charge in [-0.2, -0.15) is 5.10 Å². The van der Waals surface area contributed by atoms with Crippen molar-refractivity contribution in [3.05, 3.63) is 98.6 Å². The van der Waals surface area contributed by atoms with Crippen LogP contribution < -0.4 is 14.9 Å². The smallest absolute Gasteiger partial charge is 0.341 e. The maximum atomic E-state index is 12.5. The summed E-state index contributed by atoms with van der Waals surface area (Å²) in [5, 5.41) is 13.2. The van der Waals surface area contributed by atoms with Crippen LogP contribution in [0.25, 0.3) is 5.69 Å². The van der Waals surface area contributed by atoms with Gasteiger partial charge in [0.15, 0.2) is 12.4 Å². The minimum Gasteiger partial charge on any atom is -0.486 e. The van der Waals surface area contributed by atoms with Crippen LogP contribution in [0.15, 0.2) is 74.7 Å². The highest BCUT2D eigenvalue weighted by molar-refractivity contribution is 9.10. The van der Waals surface area contributed by atoms with Gasteiger partial charge in [0.1, 0.15) is 23.9 Å². The third-order valence-corrected chi connectivity index (χ3v) is 6.19. The number of ether oxygens (including phenoxy) is 2. The molecule has 1 amide bonds. The number of hydrogen-bond donors (Lipinski definition) is 2. The minimum atomic E-state index is -1.14.